The molecule has 0 radical (unpaired) electrons. The third-order valence-corrected chi connectivity index (χ3v) is 5.46. The molecule has 27 heavy (non-hydrogen) atoms. The fraction of sp³-hybridized carbons (Fsp3) is 0.476. The van der Waals surface area contributed by atoms with Crippen LogP contribution < -0.4 is 4.90 Å². The largest absolute Gasteiger partial charge is 0.353 e. The van der Waals surface area contributed by atoms with Gasteiger partial charge in [-0.05, 0) is 50.8 Å². The van der Waals surface area contributed by atoms with E-state index in [4.69, 9.17) is 0 Å². The summed E-state index contributed by atoms with van der Waals surface area (Å²) in [4.78, 5) is 25.6. The van der Waals surface area contributed by atoms with Crippen molar-refractivity contribution in [3.63, 3.8) is 0 Å². The molecule has 1 amide bonds. The van der Waals surface area contributed by atoms with E-state index < -0.39 is 0 Å². The molecule has 0 spiro atoms. The first-order valence-corrected chi connectivity index (χ1v) is 10.4. The predicted molar refractivity (Wildman–Crippen MR) is 112 cm³/mol. The molecular formula is C21H27BrN4O. The van der Waals surface area contributed by atoms with Gasteiger partial charge in [0.05, 0.1) is 0 Å². The Balaban J connectivity index is 1.40. The highest BCUT2D eigenvalue weighted by molar-refractivity contribution is 9.10. The number of hydrogen-bond donors (Lipinski definition) is 0. The highest BCUT2D eigenvalue weighted by Crippen LogP contribution is 2.16. The van der Waals surface area contributed by atoms with E-state index in [1.807, 2.05) is 24.8 Å². The van der Waals surface area contributed by atoms with Gasteiger partial charge in [0, 0.05) is 48.8 Å². The Morgan fingerprint density at radius 3 is 2.41 bits per heavy atom. The zero-order chi connectivity index (χ0) is 19.2. The van der Waals surface area contributed by atoms with Gasteiger partial charge in [-0.15, -0.1) is 0 Å². The lowest BCUT2D eigenvalue weighted by Crippen LogP contribution is -2.49. The number of benzene rings is 1. The lowest BCUT2D eigenvalue weighted by molar-refractivity contribution is -0.131. The first-order chi connectivity index (χ1) is 13.0. The molecule has 0 aliphatic carbocycles. The van der Waals surface area contributed by atoms with Crippen molar-refractivity contribution in [2.45, 2.75) is 39.5 Å². The summed E-state index contributed by atoms with van der Waals surface area (Å²) in [6, 6.07) is 10.4. The highest BCUT2D eigenvalue weighted by atomic mass is 79.9. The van der Waals surface area contributed by atoms with Gasteiger partial charge < -0.3 is 9.80 Å². The van der Waals surface area contributed by atoms with Gasteiger partial charge in [0.2, 0.25) is 5.91 Å². The van der Waals surface area contributed by atoms with E-state index in [2.05, 4.69) is 55.1 Å². The van der Waals surface area contributed by atoms with Crippen LogP contribution in [0.15, 0.2) is 34.8 Å². The summed E-state index contributed by atoms with van der Waals surface area (Å²) < 4.78 is 1.10. The van der Waals surface area contributed by atoms with Crippen LogP contribution in [0.25, 0.3) is 0 Å². The average molecular weight is 431 g/mol. The minimum atomic E-state index is 0.278. The smallest absolute Gasteiger partial charge is 0.222 e. The maximum atomic E-state index is 12.5. The number of amides is 1. The Bertz CT molecular complexity index is 750. The van der Waals surface area contributed by atoms with Crippen molar-refractivity contribution in [2.24, 2.45) is 0 Å². The number of anilines is 1. The SMILES string of the molecule is Cc1cc(N2CCN(C(=O)CCCCc3ccc(Br)cc3)CC2)nc(C)n1. The molecule has 6 heteroatoms. The number of nitrogens with zero attached hydrogens (tertiary/aromatic N) is 4. The third kappa shape index (κ3) is 5.76. The van der Waals surface area contributed by atoms with Crippen molar-refractivity contribution < 1.29 is 4.79 Å². The normalized spacial score (nSPS) is 14.5. The number of rotatable bonds is 6. The monoisotopic (exact) mass is 430 g/mol. The van der Waals surface area contributed by atoms with Crippen LogP contribution in [0.4, 0.5) is 5.82 Å². The molecule has 2 heterocycles. The Hall–Kier alpha value is -1.95. The third-order valence-electron chi connectivity index (χ3n) is 4.93. The number of unbranched alkanes of at least 4 members (excludes halogenated alkanes) is 1. The molecule has 0 bridgehead atoms. The van der Waals surface area contributed by atoms with Gasteiger partial charge >= 0.3 is 0 Å². The fourth-order valence-corrected chi connectivity index (χ4v) is 3.72. The molecule has 2 aromatic rings. The van der Waals surface area contributed by atoms with E-state index in [-0.39, 0.29) is 5.91 Å². The van der Waals surface area contributed by atoms with Crippen molar-refractivity contribution >= 4 is 27.7 Å². The second-order valence-corrected chi connectivity index (χ2v) is 8.03. The maximum Gasteiger partial charge on any atom is 0.222 e. The van der Waals surface area contributed by atoms with Crippen LogP contribution in [0, 0.1) is 13.8 Å². The summed E-state index contributed by atoms with van der Waals surface area (Å²) in [7, 11) is 0. The molecule has 5 nitrogen and oxygen atoms in total. The number of aromatic nitrogens is 2. The topological polar surface area (TPSA) is 49.3 Å². The Morgan fingerprint density at radius 2 is 1.74 bits per heavy atom. The molecule has 1 aromatic heterocycles. The molecule has 1 fully saturated rings. The van der Waals surface area contributed by atoms with Crippen molar-refractivity contribution in [1.82, 2.24) is 14.9 Å². The Morgan fingerprint density at radius 1 is 1.04 bits per heavy atom. The number of carbonyl (C=O) groups excluding carboxylic acids is 1. The van der Waals surface area contributed by atoms with Crippen LogP contribution in [-0.2, 0) is 11.2 Å². The van der Waals surface area contributed by atoms with Crippen molar-refractivity contribution in [3.8, 4) is 0 Å². The lowest BCUT2D eigenvalue weighted by atomic mass is 10.1. The number of piperazine rings is 1. The molecule has 1 aliphatic heterocycles. The van der Waals surface area contributed by atoms with Crippen LogP contribution in [0.3, 0.4) is 0 Å². The minimum Gasteiger partial charge on any atom is -0.353 e. The van der Waals surface area contributed by atoms with Crippen molar-refractivity contribution in [3.05, 3.63) is 51.9 Å². The predicted octanol–water partition coefficient (Wildman–Crippen LogP) is 3.92. The van der Waals surface area contributed by atoms with E-state index in [0.29, 0.717) is 6.42 Å². The summed E-state index contributed by atoms with van der Waals surface area (Å²) in [5, 5.41) is 0. The molecule has 0 N–H and O–H groups in total. The molecule has 3 rings (SSSR count). The van der Waals surface area contributed by atoms with E-state index in [1.165, 1.54) is 5.56 Å². The van der Waals surface area contributed by atoms with Gasteiger partial charge in [-0.1, -0.05) is 28.1 Å². The first kappa shape index (κ1) is 19.8. The lowest BCUT2D eigenvalue weighted by Gasteiger charge is -2.35. The Labute approximate surface area is 169 Å². The zero-order valence-electron chi connectivity index (χ0n) is 16.1. The van der Waals surface area contributed by atoms with Crippen molar-refractivity contribution in [1.29, 1.82) is 0 Å². The van der Waals surface area contributed by atoms with Crippen LogP contribution in [-0.4, -0.2) is 47.0 Å². The number of halogens is 1. The van der Waals surface area contributed by atoms with Gasteiger partial charge in [-0.2, -0.15) is 0 Å². The van der Waals surface area contributed by atoms with Crippen LogP contribution >= 0.6 is 15.9 Å². The second kappa shape index (κ2) is 9.31. The summed E-state index contributed by atoms with van der Waals surface area (Å²) in [6.45, 7) is 7.12. The average Bonchev–Trinajstić information content (AvgIpc) is 2.66. The van der Waals surface area contributed by atoms with Crippen molar-refractivity contribution in [2.75, 3.05) is 31.1 Å². The van der Waals surface area contributed by atoms with Gasteiger partial charge in [0.1, 0.15) is 11.6 Å². The number of carbonyl (C=O) groups is 1. The standard InChI is InChI=1S/C21H27BrN4O/c1-16-15-20(24-17(2)23-16)25-11-13-26(14-12-25)21(27)6-4-3-5-18-7-9-19(22)10-8-18/h7-10,15H,3-6,11-14H2,1-2H3. The number of aryl methyl sites for hydroxylation is 3. The minimum absolute atomic E-state index is 0.278. The van der Waals surface area contributed by atoms with Crippen LogP contribution in [0.1, 0.15) is 36.3 Å². The van der Waals surface area contributed by atoms with Gasteiger partial charge in [-0.3, -0.25) is 4.79 Å². The van der Waals surface area contributed by atoms with Gasteiger partial charge in [0.25, 0.3) is 0 Å². The summed E-state index contributed by atoms with van der Waals surface area (Å²) >= 11 is 3.46. The molecule has 0 atom stereocenters. The first-order valence-electron chi connectivity index (χ1n) is 9.61. The molecule has 1 aliphatic rings. The fourth-order valence-electron chi connectivity index (χ4n) is 3.46. The van der Waals surface area contributed by atoms with Gasteiger partial charge in [0.15, 0.2) is 0 Å². The second-order valence-electron chi connectivity index (χ2n) is 7.12. The summed E-state index contributed by atoms with van der Waals surface area (Å²) in [5.74, 6) is 2.05. The molecule has 0 saturated carbocycles. The zero-order valence-corrected chi connectivity index (χ0v) is 17.7. The molecule has 1 aromatic carbocycles. The Kier molecular flexibility index (Phi) is 6.83. The van der Waals surface area contributed by atoms with Crippen LogP contribution in [0.5, 0.6) is 0 Å². The molecule has 144 valence electrons. The van der Waals surface area contributed by atoms with Gasteiger partial charge in [-0.25, -0.2) is 9.97 Å². The van der Waals surface area contributed by atoms with E-state index in [9.17, 15) is 4.79 Å². The van der Waals surface area contributed by atoms with E-state index in [0.717, 1.165) is 67.3 Å². The summed E-state index contributed by atoms with van der Waals surface area (Å²) in [6.07, 6.45) is 3.66. The van der Waals surface area contributed by atoms with E-state index >= 15 is 0 Å². The molecular weight excluding hydrogens is 404 g/mol. The van der Waals surface area contributed by atoms with E-state index in [1.54, 1.807) is 0 Å². The molecule has 1 saturated heterocycles. The quantitative estimate of drug-likeness (QED) is 0.651. The summed E-state index contributed by atoms with van der Waals surface area (Å²) in [5.41, 5.74) is 2.32. The maximum absolute atomic E-state index is 12.5. The highest BCUT2D eigenvalue weighted by Gasteiger charge is 2.21. The molecule has 0 unspecified atom stereocenters. The van der Waals surface area contributed by atoms with Crippen LogP contribution in [0.2, 0.25) is 0 Å². The number of hydrogen-bond acceptors (Lipinski definition) is 4.